The van der Waals surface area contributed by atoms with Gasteiger partial charge in [0.25, 0.3) is 5.91 Å². The van der Waals surface area contributed by atoms with E-state index < -0.39 is 0 Å². The first kappa shape index (κ1) is 16.9. The molecule has 0 aromatic heterocycles. The van der Waals surface area contributed by atoms with Crippen molar-refractivity contribution < 1.29 is 14.6 Å². The first-order valence-corrected chi connectivity index (χ1v) is 7.77. The molecule has 122 valence electrons. The molecule has 1 N–H and O–H groups in total. The van der Waals surface area contributed by atoms with Crippen molar-refractivity contribution in [3.05, 3.63) is 34.9 Å². The van der Waals surface area contributed by atoms with E-state index in [2.05, 4.69) is 6.07 Å². The molecule has 1 amide bonds. The van der Waals surface area contributed by atoms with Gasteiger partial charge in [-0.1, -0.05) is 17.2 Å². The minimum Gasteiger partial charge on any atom is -0.395 e. The molecule has 1 aromatic rings. The van der Waals surface area contributed by atoms with Crippen LogP contribution in [-0.4, -0.2) is 73.4 Å². The van der Waals surface area contributed by atoms with Gasteiger partial charge in [-0.25, -0.2) is 0 Å². The van der Waals surface area contributed by atoms with Crippen molar-refractivity contribution in [1.29, 1.82) is 0 Å². The molecular weight excluding hydrogens is 280 g/mol. The smallest absolute Gasteiger partial charge is 0.254 e. The quantitative estimate of drug-likeness (QED) is 0.884. The van der Waals surface area contributed by atoms with Gasteiger partial charge in [0.2, 0.25) is 0 Å². The van der Waals surface area contributed by atoms with E-state index in [0.717, 1.165) is 16.7 Å². The molecule has 5 nitrogen and oxygen atoms in total. The summed E-state index contributed by atoms with van der Waals surface area (Å²) in [5.74, 6) is 0.0671. The Morgan fingerprint density at radius 2 is 2.05 bits per heavy atom. The van der Waals surface area contributed by atoms with Crippen molar-refractivity contribution in [2.75, 3.05) is 46.5 Å². The third kappa shape index (κ3) is 4.29. The van der Waals surface area contributed by atoms with Crippen molar-refractivity contribution in [1.82, 2.24) is 9.80 Å². The Balaban J connectivity index is 2.13. The number of aliphatic hydroxyl groups excluding tert-OH is 1. The number of hydrogen-bond donors (Lipinski definition) is 1. The minimum absolute atomic E-state index is 0.0265. The average molecular weight is 306 g/mol. The van der Waals surface area contributed by atoms with Gasteiger partial charge in [-0.15, -0.1) is 0 Å². The van der Waals surface area contributed by atoms with Crippen LogP contribution in [-0.2, 0) is 4.74 Å². The molecule has 1 aliphatic heterocycles. The SMILES string of the molecule is Cc1cc(C)cc(C(=O)N2CCOC[C@H]2CN(C)CCO)c1. The molecule has 1 heterocycles. The molecule has 1 atom stereocenters. The molecule has 1 fully saturated rings. The Morgan fingerprint density at radius 1 is 1.36 bits per heavy atom. The predicted octanol–water partition coefficient (Wildman–Crippen LogP) is 1.07. The average Bonchev–Trinajstić information content (AvgIpc) is 2.46. The lowest BCUT2D eigenvalue weighted by Gasteiger charge is -2.37. The Hall–Kier alpha value is -1.43. The van der Waals surface area contributed by atoms with Gasteiger partial charge >= 0.3 is 0 Å². The van der Waals surface area contributed by atoms with Crippen LogP contribution in [0.5, 0.6) is 0 Å². The lowest BCUT2D eigenvalue weighted by molar-refractivity contribution is -0.0109. The highest BCUT2D eigenvalue weighted by atomic mass is 16.5. The number of likely N-dealkylation sites (N-methyl/N-ethyl adjacent to an activating group) is 1. The third-order valence-corrected chi connectivity index (χ3v) is 3.96. The number of aryl methyl sites for hydroxylation is 2. The topological polar surface area (TPSA) is 53.0 Å². The fraction of sp³-hybridized carbons (Fsp3) is 0.588. The van der Waals surface area contributed by atoms with E-state index in [0.29, 0.717) is 32.8 Å². The second kappa shape index (κ2) is 7.72. The van der Waals surface area contributed by atoms with Gasteiger partial charge in [0, 0.05) is 25.2 Å². The first-order valence-electron chi connectivity index (χ1n) is 7.77. The summed E-state index contributed by atoms with van der Waals surface area (Å²) in [5.41, 5.74) is 2.95. The normalized spacial score (nSPS) is 18.8. The van der Waals surface area contributed by atoms with Crippen LogP contribution >= 0.6 is 0 Å². The van der Waals surface area contributed by atoms with Crippen LogP contribution in [0.3, 0.4) is 0 Å². The standard InChI is InChI=1S/C17H26N2O3/c1-13-8-14(2)10-15(9-13)17(21)19-5-7-22-12-16(19)11-18(3)4-6-20/h8-10,16,20H,4-7,11-12H2,1-3H3/t16-/m1/s1. The van der Waals surface area contributed by atoms with Crippen LogP contribution < -0.4 is 0 Å². The number of carbonyl (C=O) groups excluding carboxylic acids is 1. The van der Waals surface area contributed by atoms with E-state index in [1.165, 1.54) is 0 Å². The van der Waals surface area contributed by atoms with Crippen molar-refractivity contribution >= 4 is 5.91 Å². The Bertz CT molecular complexity index is 498. The first-order chi connectivity index (χ1) is 10.5. The van der Waals surface area contributed by atoms with E-state index in [4.69, 9.17) is 9.84 Å². The predicted molar refractivity (Wildman–Crippen MR) is 86.1 cm³/mol. The molecule has 0 spiro atoms. The second-order valence-electron chi connectivity index (χ2n) is 6.09. The number of aliphatic hydroxyl groups is 1. The van der Waals surface area contributed by atoms with Crippen LogP contribution in [0.1, 0.15) is 21.5 Å². The van der Waals surface area contributed by atoms with Crippen LogP contribution in [0.4, 0.5) is 0 Å². The lowest BCUT2D eigenvalue weighted by Crippen LogP contribution is -2.53. The molecular formula is C17H26N2O3. The highest BCUT2D eigenvalue weighted by Crippen LogP contribution is 2.16. The molecule has 0 unspecified atom stereocenters. The fourth-order valence-corrected chi connectivity index (χ4v) is 2.96. The number of carbonyl (C=O) groups is 1. The molecule has 0 bridgehead atoms. The fourth-order valence-electron chi connectivity index (χ4n) is 2.96. The number of hydrogen-bond acceptors (Lipinski definition) is 4. The van der Waals surface area contributed by atoms with E-state index >= 15 is 0 Å². The van der Waals surface area contributed by atoms with Gasteiger partial charge in [-0.05, 0) is 33.0 Å². The third-order valence-electron chi connectivity index (χ3n) is 3.96. The van der Waals surface area contributed by atoms with Gasteiger partial charge in [0.1, 0.15) is 0 Å². The van der Waals surface area contributed by atoms with E-state index in [1.807, 2.05) is 42.8 Å². The van der Waals surface area contributed by atoms with Gasteiger partial charge in [0.15, 0.2) is 0 Å². The number of amides is 1. The number of ether oxygens (including phenoxy) is 1. The maximum atomic E-state index is 12.9. The molecule has 0 radical (unpaired) electrons. The highest BCUT2D eigenvalue weighted by molar-refractivity contribution is 5.95. The molecule has 1 aliphatic rings. The summed E-state index contributed by atoms with van der Waals surface area (Å²) >= 11 is 0. The van der Waals surface area contributed by atoms with Crippen LogP contribution in [0.25, 0.3) is 0 Å². The lowest BCUT2D eigenvalue weighted by atomic mass is 10.1. The molecule has 1 saturated heterocycles. The zero-order chi connectivity index (χ0) is 16.1. The van der Waals surface area contributed by atoms with E-state index in [1.54, 1.807) is 0 Å². The van der Waals surface area contributed by atoms with Crippen LogP contribution in [0.15, 0.2) is 18.2 Å². The van der Waals surface area contributed by atoms with Gasteiger partial charge in [-0.2, -0.15) is 0 Å². The molecule has 2 rings (SSSR count). The Morgan fingerprint density at radius 3 is 2.68 bits per heavy atom. The van der Waals surface area contributed by atoms with E-state index in [9.17, 15) is 4.79 Å². The maximum Gasteiger partial charge on any atom is 0.254 e. The summed E-state index contributed by atoms with van der Waals surface area (Å²) in [6, 6.07) is 5.99. The number of benzene rings is 1. The summed E-state index contributed by atoms with van der Waals surface area (Å²) in [6.07, 6.45) is 0. The molecule has 1 aromatic carbocycles. The van der Waals surface area contributed by atoms with Crippen molar-refractivity contribution in [2.24, 2.45) is 0 Å². The molecule has 0 saturated carbocycles. The molecule has 22 heavy (non-hydrogen) atoms. The Kier molecular flexibility index (Phi) is 5.94. The monoisotopic (exact) mass is 306 g/mol. The van der Waals surface area contributed by atoms with Gasteiger partial charge in [-0.3, -0.25) is 4.79 Å². The highest BCUT2D eigenvalue weighted by Gasteiger charge is 2.29. The van der Waals surface area contributed by atoms with E-state index in [-0.39, 0.29) is 18.6 Å². The summed E-state index contributed by atoms with van der Waals surface area (Å²) in [7, 11) is 1.95. The zero-order valence-electron chi connectivity index (χ0n) is 13.7. The number of nitrogens with zero attached hydrogens (tertiary/aromatic N) is 2. The summed E-state index contributed by atoms with van der Waals surface area (Å²) in [4.78, 5) is 16.8. The van der Waals surface area contributed by atoms with Gasteiger partial charge < -0.3 is 19.6 Å². The number of morpholine rings is 1. The van der Waals surface area contributed by atoms with Crippen molar-refractivity contribution in [2.45, 2.75) is 19.9 Å². The molecule has 5 heteroatoms. The summed E-state index contributed by atoms with van der Waals surface area (Å²) in [6.45, 7) is 7.19. The summed E-state index contributed by atoms with van der Waals surface area (Å²) in [5, 5.41) is 9.03. The largest absolute Gasteiger partial charge is 0.395 e. The Labute approximate surface area is 132 Å². The maximum absolute atomic E-state index is 12.9. The number of rotatable bonds is 5. The summed E-state index contributed by atoms with van der Waals surface area (Å²) < 4.78 is 5.54. The minimum atomic E-state index is 0.0265. The van der Waals surface area contributed by atoms with Crippen LogP contribution in [0.2, 0.25) is 0 Å². The van der Waals surface area contributed by atoms with Crippen LogP contribution in [0, 0.1) is 13.8 Å². The molecule has 0 aliphatic carbocycles. The van der Waals surface area contributed by atoms with Gasteiger partial charge in [0.05, 0.1) is 25.9 Å². The van der Waals surface area contributed by atoms with Crippen molar-refractivity contribution in [3.63, 3.8) is 0 Å². The van der Waals surface area contributed by atoms with Crippen molar-refractivity contribution in [3.8, 4) is 0 Å². The zero-order valence-corrected chi connectivity index (χ0v) is 13.7. The second-order valence-corrected chi connectivity index (χ2v) is 6.09.